The molecule has 4 nitrogen and oxygen atoms in total. The second-order valence-electron chi connectivity index (χ2n) is 7.15. The molecule has 126 valence electrons. The van der Waals surface area contributed by atoms with Crippen molar-refractivity contribution in [2.45, 2.75) is 44.3 Å². The third-order valence-corrected chi connectivity index (χ3v) is 5.61. The van der Waals surface area contributed by atoms with E-state index in [9.17, 15) is 0 Å². The maximum atomic E-state index is 4.54. The van der Waals surface area contributed by atoms with Gasteiger partial charge in [0.2, 0.25) is 0 Å². The van der Waals surface area contributed by atoms with Gasteiger partial charge in [-0.3, -0.25) is 4.90 Å². The van der Waals surface area contributed by atoms with Crippen LogP contribution in [0, 0.1) is 0 Å². The second kappa shape index (κ2) is 6.12. The molecule has 1 saturated heterocycles. The number of hydrogen-bond donors (Lipinski definition) is 0. The van der Waals surface area contributed by atoms with Gasteiger partial charge in [-0.25, -0.2) is 9.50 Å². The predicted molar refractivity (Wildman–Crippen MR) is 99.0 cm³/mol. The molecular weight excluding hydrogens is 308 g/mol. The molecule has 4 heterocycles. The Labute approximate surface area is 147 Å². The van der Waals surface area contributed by atoms with Gasteiger partial charge in [-0.2, -0.15) is 5.10 Å². The number of benzene rings is 1. The maximum absolute atomic E-state index is 4.54. The van der Waals surface area contributed by atoms with Gasteiger partial charge in [-0.1, -0.05) is 42.8 Å². The molecular formula is C21H22N4. The van der Waals surface area contributed by atoms with Gasteiger partial charge in [0, 0.05) is 36.6 Å². The highest BCUT2D eigenvalue weighted by Gasteiger charge is 2.34. The Morgan fingerprint density at radius 1 is 1.08 bits per heavy atom. The van der Waals surface area contributed by atoms with E-state index in [0.717, 1.165) is 18.6 Å². The average Bonchev–Trinajstić information content (AvgIpc) is 3.06. The highest BCUT2D eigenvalue weighted by atomic mass is 15.2. The number of hydrogen-bond acceptors (Lipinski definition) is 3. The second-order valence-corrected chi connectivity index (χ2v) is 7.15. The summed E-state index contributed by atoms with van der Waals surface area (Å²) in [5.74, 6) is 0. The maximum Gasteiger partial charge on any atom is 0.162 e. The van der Waals surface area contributed by atoms with Crippen molar-refractivity contribution in [1.29, 1.82) is 0 Å². The van der Waals surface area contributed by atoms with Gasteiger partial charge in [0.15, 0.2) is 5.65 Å². The standard InChI is InChI=1S/C21H22N4/c1-2-6-16(7-3-1)15-24-18-8-4-9-19(24)13-17(12-18)20-14-23-25-11-5-10-22-21(20)25/h1-3,5-7,10-12,14,18-19H,4,8-9,13,15H2. The van der Waals surface area contributed by atoms with Gasteiger partial charge in [0.1, 0.15) is 0 Å². The lowest BCUT2D eigenvalue weighted by atomic mass is 9.83. The van der Waals surface area contributed by atoms with Crippen LogP contribution in [0.3, 0.4) is 0 Å². The van der Waals surface area contributed by atoms with E-state index in [1.54, 1.807) is 0 Å². The lowest BCUT2D eigenvalue weighted by Gasteiger charge is -2.45. The topological polar surface area (TPSA) is 33.4 Å². The minimum atomic E-state index is 0.529. The molecule has 2 unspecified atom stereocenters. The van der Waals surface area contributed by atoms with Gasteiger partial charge in [0.25, 0.3) is 0 Å². The molecule has 3 aromatic rings. The fourth-order valence-corrected chi connectivity index (χ4v) is 4.41. The SMILES string of the molecule is C1=C(c2cnn3cccnc23)CC2CCCC1N2Cc1ccccc1. The summed E-state index contributed by atoms with van der Waals surface area (Å²) in [5, 5.41) is 4.47. The summed E-state index contributed by atoms with van der Waals surface area (Å²) in [6, 6.07) is 13.9. The van der Waals surface area contributed by atoms with E-state index in [0.29, 0.717) is 12.1 Å². The van der Waals surface area contributed by atoms with Gasteiger partial charge in [-0.05, 0) is 36.5 Å². The largest absolute Gasteiger partial charge is 0.289 e. The van der Waals surface area contributed by atoms with E-state index in [1.807, 2.05) is 29.2 Å². The zero-order valence-corrected chi connectivity index (χ0v) is 14.3. The fraction of sp³-hybridized carbons (Fsp3) is 0.333. The molecule has 1 aromatic carbocycles. The number of nitrogens with zero attached hydrogens (tertiary/aromatic N) is 4. The van der Waals surface area contributed by atoms with Crippen molar-refractivity contribution < 1.29 is 0 Å². The first-order valence-corrected chi connectivity index (χ1v) is 9.17. The van der Waals surface area contributed by atoms with Crippen molar-refractivity contribution in [3.05, 3.63) is 72.2 Å². The average molecular weight is 330 g/mol. The molecule has 0 radical (unpaired) electrons. The summed E-state index contributed by atoms with van der Waals surface area (Å²) in [6.45, 7) is 1.05. The normalized spacial score (nSPS) is 23.6. The molecule has 2 atom stereocenters. The van der Waals surface area contributed by atoms with Crippen LogP contribution < -0.4 is 0 Å². The zero-order chi connectivity index (χ0) is 16.6. The number of piperidine rings is 1. The minimum absolute atomic E-state index is 0.529. The number of aromatic nitrogens is 3. The van der Waals surface area contributed by atoms with Crippen molar-refractivity contribution in [2.24, 2.45) is 0 Å². The molecule has 2 bridgehead atoms. The quantitative estimate of drug-likeness (QED) is 0.729. The van der Waals surface area contributed by atoms with E-state index >= 15 is 0 Å². The summed E-state index contributed by atoms with van der Waals surface area (Å²) in [5.41, 5.74) is 5.02. The number of rotatable bonds is 3. The van der Waals surface area contributed by atoms with E-state index in [1.165, 1.54) is 36.0 Å². The first-order chi connectivity index (χ1) is 12.4. The molecule has 2 aliphatic rings. The zero-order valence-electron chi connectivity index (χ0n) is 14.3. The first-order valence-electron chi connectivity index (χ1n) is 9.17. The third kappa shape index (κ3) is 2.67. The predicted octanol–water partition coefficient (Wildman–Crippen LogP) is 3.94. The van der Waals surface area contributed by atoms with Crippen molar-refractivity contribution in [3.63, 3.8) is 0 Å². The van der Waals surface area contributed by atoms with Crippen LogP contribution in [-0.4, -0.2) is 31.6 Å². The molecule has 0 N–H and O–H groups in total. The Kier molecular flexibility index (Phi) is 3.63. The molecule has 0 aliphatic carbocycles. The highest BCUT2D eigenvalue weighted by molar-refractivity contribution is 5.76. The summed E-state index contributed by atoms with van der Waals surface area (Å²) in [7, 11) is 0. The molecule has 5 rings (SSSR count). The monoisotopic (exact) mass is 330 g/mol. The Balaban J connectivity index is 1.48. The number of fused-ring (bicyclic) bond motifs is 3. The van der Waals surface area contributed by atoms with Gasteiger partial charge < -0.3 is 0 Å². The van der Waals surface area contributed by atoms with Crippen molar-refractivity contribution in [2.75, 3.05) is 0 Å². The van der Waals surface area contributed by atoms with E-state index < -0.39 is 0 Å². The molecule has 0 amide bonds. The third-order valence-electron chi connectivity index (χ3n) is 5.61. The van der Waals surface area contributed by atoms with Crippen LogP contribution in [0.2, 0.25) is 0 Å². The molecule has 25 heavy (non-hydrogen) atoms. The van der Waals surface area contributed by atoms with Gasteiger partial charge >= 0.3 is 0 Å². The molecule has 2 aromatic heterocycles. The van der Waals surface area contributed by atoms with Crippen molar-refractivity contribution >= 4 is 11.2 Å². The Hall–Kier alpha value is -2.46. The minimum Gasteiger partial charge on any atom is -0.289 e. The van der Waals surface area contributed by atoms with Crippen LogP contribution in [-0.2, 0) is 6.54 Å². The lowest BCUT2D eigenvalue weighted by molar-refractivity contribution is 0.0951. The summed E-state index contributed by atoms with van der Waals surface area (Å²) in [4.78, 5) is 7.24. The molecule has 1 fully saturated rings. The first kappa shape index (κ1) is 14.8. The van der Waals surface area contributed by atoms with Crippen molar-refractivity contribution in [1.82, 2.24) is 19.5 Å². The molecule has 0 saturated carbocycles. The Bertz CT molecular complexity index is 912. The van der Waals surface area contributed by atoms with Gasteiger partial charge in [-0.15, -0.1) is 0 Å². The van der Waals surface area contributed by atoms with E-state index in [4.69, 9.17) is 0 Å². The summed E-state index contributed by atoms with van der Waals surface area (Å²) in [6.07, 6.45) is 13.2. The van der Waals surface area contributed by atoms with Gasteiger partial charge in [0.05, 0.1) is 6.20 Å². The summed E-state index contributed by atoms with van der Waals surface area (Å²) >= 11 is 0. The molecule has 0 spiro atoms. The van der Waals surface area contributed by atoms with Crippen LogP contribution in [0.15, 0.2) is 61.1 Å². The highest BCUT2D eigenvalue weighted by Crippen LogP contribution is 2.38. The van der Waals surface area contributed by atoms with Crippen LogP contribution in [0.4, 0.5) is 0 Å². The Morgan fingerprint density at radius 2 is 2.00 bits per heavy atom. The van der Waals surface area contributed by atoms with Crippen LogP contribution in [0.25, 0.3) is 11.2 Å². The van der Waals surface area contributed by atoms with E-state index in [2.05, 4.69) is 51.4 Å². The van der Waals surface area contributed by atoms with Crippen LogP contribution in [0.5, 0.6) is 0 Å². The fourth-order valence-electron chi connectivity index (χ4n) is 4.41. The van der Waals surface area contributed by atoms with Crippen LogP contribution in [0.1, 0.15) is 36.8 Å². The Morgan fingerprint density at radius 3 is 2.88 bits per heavy atom. The molecule has 2 aliphatic heterocycles. The molecule has 4 heteroatoms. The van der Waals surface area contributed by atoms with Crippen LogP contribution >= 0.6 is 0 Å². The van der Waals surface area contributed by atoms with Crippen molar-refractivity contribution in [3.8, 4) is 0 Å². The smallest absolute Gasteiger partial charge is 0.162 e. The lowest BCUT2D eigenvalue weighted by Crippen LogP contribution is -2.47. The van der Waals surface area contributed by atoms with E-state index in [-0.39, 0.29) is 0 Å². The summed E-state index contributed by atoms with van der Waals surface area (Å²) < 4.78 is 1.88.